The van der Waals surface area contributed by atoms with Crippen molar-refractivity contribution in [2.24, 2.45) is 35.3 Å². The maximum absolute atomic E-state index is 13.0. The zero-order chi connectivity index (χ0) is 24.9. The highest BCUT2D eigenvalue weighted by Gasteiger charge is 2.34. The van der Waals surface area contributed by atoms with Gasteiger partial charge in [0, 0.05) is 18.9 Å². The predicted octanol–water partition coefficient (Wildman–Crippen LogP) is 4.38. The highest BCUT2D eigenvalue weighted by molar-refractivity contribution is 5.76. The predicted molar refractivity (Wildman–Crippen MR) is 131 cm³/mol. The van der Waals surface area contributed by atoms with Crippen LogP contribution in [0.4, 0.5) is 4.39 Å². The minimum atomic E-state index is -0.303. The van der Waals surface area contributed by atoms with Crippen LogP contribution in [-0.2, 0) is 17.8 Å². The van der Waals surface area contributed by atoms with Gasteiger partial charge in [0.2, 0.25) is 11.8 Å². The number of hydrogen-bond donors (Lipinski definition) is 1. The lowest BCUT2D eigenvalue weighted by Crippen LogP contribution is -2.43. The number of amides is 1. The van der Waals surface area contributed by atoms with Gasteiger partial charge in [-0.05, 0) is 87.2 Å². The SMILES string of the molecule is CC1=C[C@@H](CN2CCC(C(N)=O)CC2)[C@H](C(C)C)C[C@H]1Cc1nnc(COc2ccc(F)cc2)o1. The van der Waals surface area contributed by atoms with Gasteiger partial charge >= 0.3 is 0 Å². The third-order valence-electron chi connectivity index (χ3n) is 7.65. The first kappa shape index (κ1) is 25.4. The quantitative estimate of drug-likeness (QED) is 0.531. The molecule has 1 aromatic heterocycles. The van der Waals surface area contributed by atoms with Crippen LogP contribution in [0.1, 0.15) is 51.8 Å². The number of piperidine rings is 1. The summed E-state index contributed by atoms with van der Waals surface area (Å²) in [6, 6.07) is 5.86. The molecule has 0 bridgehead atoms. The van der Waals surface area contributed by atoms with Gasteiger partial charge in [0.1, 0.15) is 11.6 Å². The maximum Gasteiger partial charge on any atom is 0.253 e. The average molecular weight is 485 g/mol. The van der Waals surface area contributed by atoms with Crippen LogP contribution in [0.15, 0.2) is 40.3 Å². The smallest absolute Gasteiger partial charge is 0.253 e. The van der Waals surface area contributed by atoms with Gasteiger partial charge in [0.15, 0.2) is 6.61 Å². The number of aromatic nitrogens is 2. The highest BCUT2D eigenvalue weighted by Crippen LogP contribution is 2.39. The Kier molecular flexibility index (Phi) is 8.21. The number of nitrogens with two attached hydrogens (primary N) is 1. The molecule has 1 fully saturated rings. The largest absolute Gasteiger partial charge is 0.484 e. The van der Waals surface area contributed by atoms with E-state index < -0.39 is 0 Å². The van der Waals surface area contributed by atoms with Crippen LogP contribution in [0, 0.1) is 35.4 Å². The summed E-state index contributed by atoms with van der Waals surface area (Å²) in [5.41, 5.74) is 6.88. The van der Waals surface area contributed by atoms with E-state index >= 15 is 0 Å². The maximum atomic E-state index is 13.0. The molecule has 0 spiro atoms. The minimum absolute atomic E-state index is 0.0283. The van der Waals surface area contributed by atoms with Crippen molar-refractivity contribution < 1.29 is 18.3 Å². The van der Waals surface area contributed by atoms with E-state index in [1.165, 1.54) is 17.7 Å². The molecule has 1 saturated heterocycles. The standard InChI is InChI=1S/C27H37FN4O3/c1-17(2)24-13-20(18(3)12-21(24)15-32-10-8-19(9-11-32)27(29)33)14-25-30-31-26(35-25)16-34-23-6-4-22(28)5-7-23/h4-7,12,17,19-21,24H,8-11,13-16H2,1-3H3,(H2,29,33)/t20-,21-,24-/m0/s1. The Morgan fingerprint density at radius 2 is 1.89 bits per heavy atom. The van der Waals surface area contributed by atoms with Gasteiger partial charge in [0.05, 0.1) is 0 Å². The van der Waals surface area contributed by atoms with Gasteiger partial charge < -0.3 is 19.8 Å². The number of primary amides is 1. The lowest BCUT2D eigenvalue weighted by molar-refractivity contribution is -0.123. The van der Waals surface area contributed by atoms with Crippen molar-refractivity contribution in [1.82, 2.24) is 15.1 Å². The normalized spacial score (nSPS) is 23.9. The van der Waals surface area contributed by atoms with Gasteiger partial charge in [-0.25, -0.2) is 4.39 Å². The number of likely N-dealkylation sites (tertiary alicyclic amines) is 1. The Labute approximate surface area is 206 Å². The molecule has 0 saturated carbocycles. The van der Waals surface area contributed by atoms with Gasteiger partial charge in [-0.15, -0.1) is 10.2 Å². The molecule has 2 N–H and O–H groups in total. The van der Waals surface area contributed by atoms with E-state index in [2.05, 4.69) is 41.9 Å². The molecular formula is C27H37FN4O3. The number of hydrogen-bond acceptors (Lipinski definition) is 6. The van der Waals surface area contributed by atoms with Crippen LogP contribution in [0.5, 0.6) is 5.75 Å². The lowest BCUT2D eigenvalue weighted by Gasteiger charge is -2.40. The number of ether oxygens (including phenoxy) is 1. The third-order valence-corrected chi connectivity index (χ3v) is 7.65. The Morgan fingerprint density at radius 1 is 1.20 bits per heavy atom. The molecule has 2 aliphatic rings. The van der Waals surface area contributed by atoms with Gasteiger partial charge in [0.25, 0.3) is 5.89 Å². The number of allylic oxidation sites excluding steroid dienone is 1. The van der Waals surface area contributed by atoms with Crippen LogP contribution >= 0.6 is 0 Å². The molecule has 8 heteroatoms. The molecule has 190 valence electrons. The van der Waals surface area contributed by atoms with Crippen molar-refractivity contribution in [3.8, 4) is 5.75 Å². The van der Waals surface area contributed by atoms with E-state index in [1.54, 1.807) is 12.1 Å². The van der Waals surface area contributed by atoms with Gasteiger partial charge in [-0.1, -0.05) is 25.5 Å². The van der Waals surface area contributed by atoms with Crippen molar-refractivity contribution >= 4 is 5.91 Å². The Hall–Kier alpha value is -2.74. The van der Waals surface area contributed by atoms with Crippen LogP contribution in [0.25, 0.3) is 0 Å². The number of nitrogens with zero attached hydrogens (tertiary/aromatic N) is 3. The summed E-state index contributed by atoms with van der Waals surface area (Å²) >= 11 is 0. The molecule has 1 aliphatic heterocycles. The van der Waals surface area contributed by atoms with E-state index in [0.717, 1.165) is 38.9 Å². The molecule has 0 unspecified atom stereocenters. The topological polar surface area (TPSA) is 94.5 Å². The van der Waals surface area contributed by atoms with E-state index in [4.69, 9.17) is 14.9 Å². The summed E-state index contributed by atoms with van der Waals surface area (Å²) in [4.78, 5) is 14.0. The Morgan fingerprint density at radius 3 is 2.54 bits per heavy atom. The van der Waals surface area contributed by atoms with Crippen LogP contribution in [-0.4, -0.2) is 40.6 Å². The van der Waals surface area contributed by atoms with Gasteiger partial charge in [-0.2, -0.15) is 0 Å². The van der Waals surface area contributed by atoms with E-state index in [0.29, 0.717) is 47.6 Å². The molecule has 1 amide bonds. The molecule has 0 radical (unpaired) electrons. The molecular weight excluding hydrogens is 447 g/mol. The molecule has 2 aromatic rings. The fraction of sp³-hybridized carbons (Fsp3) is 0.593. The van der Waals surface area contributed by atoms with E-state index in [9.17, 15) is 9.18 Å². The fourth-order valence-electron chi connectivity index (χ4n) is 5.50. The third kappa shape index (κ3) is 6.69. The molecule has 35 heavy (non-hydrogen) atoms. The van der Waals surface area contributed by atoms with Crippen LogP contribution in [0.2, 0.25) is 0 Å². The second kappa shape index (κ2) is 11.3. The van der Waals surface area contributed by atoms with E-state index in [1.807, 2.05) is 0 Å². The number of carbonyl (C=O) groups excluding carboxylic acids is 1. The average Bonchev–Trinajstić information content (AvgIpc) is 3.28. The van der Waals surface area contributed by atoms with Crippen LogP contribution < -0.4 is 10.5 Å². The molecule has 3 atom stereocenters. The highest BCUT2D eigenvalue weighted by atomic mass is 19.1. The molecule has 1 aromatic carbocycles. The monoisotopic (exact) mass is 484 g/mol. The molecule has 2 heterocycles. The molecule has 4 rings (SSSR count). The summed E-state index contributed by atoms with van der Waals surface area (Å²) < 4.78 is 24.5. The molecule has 1 aliphatic carbocycles. The first-order valence-electron chi connectivity index (χ1n) is 12.7. The summed E-state index contributed by atoms with van der Waals surface area (Å²) in [6.45, 7) is 9.89. The summed E-state index contributed by atoms with van der Waals surface area (Å²) in [5, 5.41) is 8.37. The number of carbonyl (C=O) groups is 1. The zero-order valence-electron chi connectivity index (χ0n) is 21.0. The van der Waals surface area contributed by atoms with Crippen LogP contribution in [0.3, 0.4) is 0 Å². The zero-order valence-corrected chi connectivity index (χ0v) is 21.0. The van der Waals surface area contributed by atoms with Crippen molar-refractivity contribution in [3.63, 3.8) is 0 Å². The fourth-order valence-corrected chi connectivity index (χ4v) is 5.50. The lowest BCUT2D eigenvalue weighted by atomic mass is 9.69. The summed E-state index contributed by atoms with van der Waals surface area (Å²) in [5.74, 6) is 3.16. The van der Waals surface area contributed by atoms with Crippen molar-refractivity contribution in [1.29, 1.82) is 0 Å². The second-order valence-corrected chi connectivity index (χ2v) is 10.4. The first-order chi connectivity index (χ1) is 16.8. The number of halogens is 1. The first-order valence-corrected chi connectivity index (χ1v) is 12.7. The number of rotatable bonds is 9. The Bertz CT molecular complexity index is 1010. The van der Waals surface area contributed by atoms with Crippen molar-refractivity contribution in [2.75, 3.05) is 19.6 Å². The Balaban J connectivity index is 1.34. The second-order valence-electron chi connectivity index (χ2n) is 10.4. The minimum Gasteiger partial charge on any atom is -0.484 e. The van der Waals surface area contributed by atoms with Gasteiger partial charge in [-0.3, -0.25) is 4.79 Å². The number of benzene rings is 1. The van der Waals surface area contributed by atoms with Crippen molar-refractivity contribution in [3.05, 3.63) is 53.5 Å². The van der Waals surface area contributed by atoms with Crippen molar-refractivity contribution in [2.45, 2.75) is 53.1 Å². The van der Waals surface area contributed by atoms with E-state index in [-0.39, 0.29) is 24.2 Å². The summed E-state index contributed by atoms with van der Waals surface area (Å²) in [7, 11) is 0. The summed E-state index contributed by atoms with van der Waals surface area (Å²) in [6.07, 6.45) is 5.99. The molecule has 7 nitrogen and oxygen atoms in total.